The highest BCUT2D eigenvalue weighted by Crippen LogP contribution is 2.22. The first kappa shape index (κ1) is 13.5. The Morgan fingerprint density at radius 2 is 1.67 bits per heavy atom. The van der Waals surface area contributed by atoms with E-state index in [0.29, 0.717) is 17.5 Å². The normalized spacial score (nSPS) is 30.8. The highest BCUT2D eigenvalue weighted by molar-refractivity contribution is 9.09. The lowest BCUT2D eigenvalue weighted by molar-refractivity contribution is 0.0424. The monoisotopic (exact) mass is 276 g/mol. The van der Waals surface area contributed by atoms with Crippen LogP contribution < -0.4 is 0 Å². The molecule has 0 spiro atoms. The zero-order valence-electron chi connectivity index (χ0n) is 10.8. The molecular weight excluding hydrogens is 252 g/mol. The molecule has 0 aromatic rings. The second-order valence-corrected chi connectivity index (χ2v) is 6.42. The molecule has 1 rings (SSSR count). The van der Waals surface area contributed by atoms with Gasteiger partial charge in [0, 0.05) is 37.0 Å². The molecule has 2 atom stereocenters. The molecule has 0 aromatic heterocycles. The van der Waals surface area contributed by atoms with Gasteiger partial charge in [0.25, 0.3) is 0 Å². The summed E-state index contributed by atoms with van der Waals surface area (Å²) in [5.74, 6) is 0. The van der Waals surface area contributed by atoms with Gasteiger partial charge in [-0.3, -0.25) is 9.80 Å². The Morgan fingerprint density at radius 3 is 2.07 bits per heavy atom. The van der Waals surface area contributed by atoms with Gasteiger partial charge in [-0.05, 0) is 26.3 Å². The zero-order chi connectivity index (χ0) is 11.6. The minimum absolute atomic E-state index is 0.384. The number of hydrogen-bond acceptors (Lipinski definition) is 2. The highest BCUT2D eigenvalue weighted by atomic mass is 79.9. The SMILES string of the molecule is CC1CN(CC(C)(C)CBr)CC(C)N1C. The summed E-state index contributed by atoms with van der Waals surface area (Å²) in [5, 5.41) is 1.08. The Labute approximate surface area is 103 Å². The number of likely N-dealkylation sites (N-methyl/N-ethyl adjacent to an activating group) is 1. The lowest BCUT2D eigenvalue weighted by atomic mass is 9.94. The first-order chi connectivity index (χ1) is 6.85. The van der Waals surface area contributed by atoms with Crippen LogP contribution in [0.2, 0.25) is 0 Å². The first-order valence-corrected chi connectivity index (χ1v) is 6.98. The average molecular weight is 277 g/mol. The van der Waals surface area contributed by atoms with E-state index in [1.165, 1.54) is 19.6 Å². The quantitative estimate of drug-likeness (QED) is 0.731. The van der Waals surface area contributed by atoms with Crippen molar-refractivity contribution < 1.29 is 0 Å². The van der Waals surface area contributed by atoms with Gasteiger partial charge >= 0.3 is 0 Å². The van der Waals surface area contributed by atoms with Gasteiger partial charge in [-0.25, -0.2) is 0 Å². The molecule has 0 bridgehead atoms. The summed E-state index contributed by atoms with van der Waals surface area (Å²) in [6.07, 6.45) is 0. The van der Waals surface area contributed by atoms with Gasteiger partial charge < -0.3 is 0 Å². The minimum Gasteiger partial charge on any atom is -0.300 e. The first-order valence-electron chi connectivity index (χ1n) is 5.86. The van der Waals surface area contributed by atoms with Gasteiger partial charge in [0.15, 0.2) is 0 Å². The summed E-state index contributed by atoms with van der Waals surface area (Å²) in [6.45, 7) is 12.9. The van der Waals surface area contributed by atoms with E-state index in [1.54, 1.807) is 0 Å². The summed E-state index contributed by atoms with van der Waals surface area (Å²) >= 11 is 3.60. The molecule has 15 heavy (non-hydrogen) atoms. The maximum Gasteiger partial charge on any atom is 0.0195 e. The van der Waals surface area contributed by atoms with E-state index < -0.39 is 0 Å². The van der Waals surface area contributed by atoms with E-state index in [2.05, 4.69) is 60.5 Å². The van der Waals surface area contributed by atoms with Crippen molar-refractivity contribution in [1.82, 2.24) is 9.80 Å². The molecule has 90 valence electrons. The Kier molecular flexibility index (Phi) is 4.63. The lowest BCUT2D eigenvalue weighted by Crippen LogP contribution is -2.56. The molecular formula is C12H25BrN2. The van der Waals surface area contributed by atoms with E-state index in [4.69, 9.17) is 0 Å². The van der Waals surface area contributed by atoms with Crippen molar-refractivity contribution in [2.24, 2.45) is 5.41 Å². The Balaban J connectivity index is 2.51. The molecule has 2 unspecified atom stereocenters. The van der Waals surface area contributed by atoms with Gasteiger partial charge in [0.1, 0.15) is 0 Å². The molecule has 0 aliphatic carbocycles. The van der Waals surface area contributed by atoms with Gasteiger partial charge in [-0.15, -0.1) is 0 Å². The van der Waals surface area contributed by atoms with Gasteiger partial charge in [-0.1, -0.05) is 29.8 Å². The Bertz CT molecular complexity index is 194. The molecule has 1 aliphatic heterocycles. The predicted octanol–water partition coefficient (Wildman–Crippen LogP) is 2.43. The Morgan fingerprint density at radius 1 is 1.20 bits per heavy atom. The van der Waals surface area contributed by atoms with E-state index in [-0.39, 0.29) is 0 Å². The molecule has 1 fully saturated rings. The van der Waals surface area contributed by atoms with Crippen molar-refractivity contribution in [3.63, 3.8) is 0 Å². The van der Waals surface area contributed by atoms with E-state index >= 15 is 0 Å². The largest absolute Gasteiger partial charge is 0.300 e. The Hall–Kier alpha value is 0.400. The number of hydrogen-bond donors (Lipinski definition) is 0. The molecule has 0 amide bonds. The highest BCUT2D eigenvalue weighted by Gasteiger charge is 2.29. The van der Waals surface area contributed by atoms with Crippen LogP contribution in [0.3, 0.4) is 0 Å². The summed E-state index contributed by atoms with van der Waals surface area (Å²) in [5.41, 5.74) is 0.384. The second-order valence-electron chi connectivity index (χ2n) is 5.86. The van der Waals surface area contributed by atoms with Crippen molar-refractivity contribution >= 4 is 15.9 Å². The summed E-state index contributed by atoms with van der Waals surface area (Å²) in [7, 11) is 2.24. The molecule has 0 saturated carbocycles. The van der Waals surface area contributed by atoms with Crippen molar-refractivity contribution in [3.05, 3.63) is 0 Å². The van der Waals surface area contributed by atoms with E-state index in [9.17, 15) is 0 Å². The van der Waals surface area contributed by atoms with Gasteiger partial charge in [-0.2, -0.15) is 0 Å². The molecule has 0 radical (unpaired) electrons. The van der Waals surface area contributed by atoms with Crippen LogP contribution in [0, 0.1) is 5.41 Å². The standard InChI is InChI=1S/C12H25BrN2/c1-10-6-15(7-11(2)14(10)5)9-12(3,4)8-13/h10-11H,6-9H2,1-5H3. The maximum absolute atomic E-state index is 3.60. The summed E-state index contributed by atoms with van der Waals surface area (Å²) in [6, 6.07) is 1.36. The minimum atomic E-state index is 0.384. The van der Waals surface area contributed by atoms with Crippen LogP contribution in [0.1, 0.15) is 27.7 Å². The van der Waals surface area contributed by atoms with Crippen LogP contribution in [-0.2, 0) is 0 Å². The van der Waals surface area contributed by atoms with Crippen LogP contribution in [-0.4, -0.2) is 53.9 Å². The second kappa shape index (κ2) is 5.15. The molecule has 1 heterocycles. The van der Waals surface area contributed by atoms with Crippen molar-refractivity contribution in [2.75, 3.05) is 32.0 Å². The average Bonchev–Trinajstić information content (AvgIpc) is 2.13. The van der Waals surface area contributed by atoms with E-state index in [0.717, 1.165) is 5.33 Å². The van der Waals surface area contributed by atoms with Crippen molar-refractivity contribution in [2.45, 2.75) is 39.8 Å². The van der Waals surface area contributed by atoms with Gasteiger partial charge in [0.05, 0.1) is 0 Å². The smallest absolute Gasteiger partial charge is 0.0195 e. The predicted molar refractivity (Wildman–Crippen MR) is 70.7 cm³/mol. The topological polar surface area (TPSA) is 6.48 Å². The molecule has 0 aromatic carbocycles. The molecule has 2 nitrogen and oxygen atoms in total. The fourth-order valence-corrected chi connectivity index (χ4v) is 2.47. The molecule has 1 aliphatic rings. The van der Waals surface area contributed by atoms with Crippen molar-refractivity contribution in [1.29, 1.82) is 0 Å². The third-order valence-corrected chi connectivity index (χ3v) is 4.97. The van der Waals surface area contributed by atoms with Crippen LogP contribution in [0.5, 0.6) is 0 Å². The molecule has 1 saturated heterocycles. The number of piperazine rings is 1. The third kappa shape index (κ3) is 3.72. The molecule has 3 heteroatoms. The maximum atomic E-state index is 3.60. The lowest BCUT2D eigenvalue weighted by Gasteiger charge is -2.44. The van der Waals surface area contributed by atoms with Crippen LogP contribution >= 0.6 is 15.9 Å². The van der Waals surface area contributed by atoms with Crippen LogP contribution in [0.4, 0.5) is 0 Å². The third-order valence-electron chi connectivity index (χ3n) is 3.45. The summed E-state index contributed by atoms with van der Waals surface area (Å²) < 4.78 is 0. The van der Waals surface area contributed by atoms with Crippen LogP contribution in [0.25, 0.3) is 0 Å². The summed E-state index contributed by atoms with van der Waals surface area (Å²) in [4.78, 5) is 5.09. The fraction of sp³-hybridized carbons (Fsp3) is 1.00. The number of rotatable bonds is 3. The number of alkyl halides is 1. The van der Waals surface area contributed by atoms with Crippen molar-refractivity contribution in [3.8, 4) is 0 Å². The van der Waals surface area contributed by atoms with Gasteiger partial charge in [0.2, 0.25) is 0 Å². The number of halogens is 1. The fourth-order valence-electron chi connectivity index (χ4n) is 2.29. The zero-order valence-corrected chi connectivity index (χ0v) is 12.3. The van der Waals surface area contributed by atoms with E-state index in [1.807, 2.05) is 0 Å². The molecule has 0 N–H and O–H groups in total. The van der Waals surface area contributed by atoms with Crippen LogP contribution in [0.15, 0.2) is 0 Å². The number of nitrogens with zero attached hydrogens (tertiary/aromatic N) is 2.